The second kappa shape index (κ2) is 9.23. The van der Waals surface area contributed by atoms with Crippen molar-refractivity contribution < 1.29 is 4.74 Å². The summed E-state index contributed by atoms with van der Waals surface area (Å²) in [6, 6.07) is 23.2. The van der Waals surface area contributed by atoms with Crippen molar-refractivity contribution in [2.24, 2.45) is 0 Å². The summed E-state index contributed by atoms with van der Waals surface area (Å²) in [5.41, 5.74) is 3.04. The molecular formula is C22H14Br2ClNO. The fourth-order valence-electron chi connectivity index (χ4n) is 2.51. The summed E-state index contributed by atoms with van der Waals surface area (Å²) in [6.07, 6.45) is 1.79. The highest BCUT2D eigenvalue weighted by Crippen LogP contribution is 2.30. The van der Waals surface area contributed by atoms with E-state index in [0.29, 0.717) is 28.5 Å². The Bertz CT molecular complexity index is 1020. The topological polar surface area (TPSA) is 33.0 Å². The molecule has 0 heterocycles. The number of nitrogens with zero attached hydrogens (tertiary/aromatic N) is 1. The zero-order chi connectivity index (χ0) is 19.2. The minimum absolute atomic E-state index is 0.434. The molecule has 0 fully saturated rings. The predicted octanol–water partition coefficient (Wildman–Crippen LogP) is 7.51. The van der Waals surface area contributed by atoms with Gasteiger partial charge in [-0.15, -0.1) is 0 Å². The normalized spacial score (nSPS) is 11.1. The van der Waals surface area contributed by atoms with Crippen molar-refractivity contribution in [1.29, 1.82) is 5.26 Å². The number of hydrogen-bond donors (Lipinski definition) is 0. The van der Waals surface area contributed by atoms with Crippen LogP contribution in [0, 0.1) is 11.3 Å². The van der Waals surface area contributed by atoms with E-state index in [1.165, 1.54) is 0 Å². The number of rotatable bonds is 5. The van der Waals surface area contributed by atoms with E-state index >= 15 is 0 Å². The van der Waals surface area contributed by atoms with E-state index in [-0.39, 0.29) is 0 Å². The van der Waals surface area contributed by atoms with Crippen LogP contribution in [0.5, 0.6) is 5.75 Å². The number of halogens is 3. The minimum Gasteiger partial charge on any atom is -0.488 e. The molecule has 0 aliphatic rings. The van der Waals surface area contributed by atoms with Gasteiger partial charge >= 0.3 is 0 Å². The second-order valence-corrected chi connectivity index (χ2v) is 7.99. The monoisotopic (exact) mass is 501 g/mol. The highest BCUT2D eigenvalue weighted by atomic mass is 79.9. The summed E-state index contributed by atoms with van der Waals surface area (Å²) < 4.78 is 7.94. The summed E-state index contributed by atoms with van der Waals surface area (Å²) in [5, 5.41) is 10.2. The van der Waals surface area contributed by atoms with Gasteiger partial charge in [-0.25, -0.2) is 0 Å². The summed E-state index contributed by atoms with van der Waals surface area (Å²) in [5.74, 6) is 0.695. The van der Waals surface area contributed by atoms with Crippen molar-refractivity contribution in [2.45, 2.75) is 6.61 Å². The van der Waals surface area contributed by atoms with Crippen molar-refractivity contribution in [3.05, 3.63) is 97.4 Å². The molecule has 0 aromatic heterocycles. The molecule has 0 radical (unpaired) electrons. The molecule has 3 rings (SSSR count). The lowest BCUT2D eigenvalue weighted by molar-refractivity contribution is 0.305. The maximum atomic E-state index is 9.63. The fraction of sp³-hybridized carbons (Fsp3) is 0.0455. The number of hydrogen-bond acceptors (Lipinski definition) is 2. The first-order valence-electron chi connectivity index (χ1n) is 8.10. The molecule has 5 heteroatoms. The summed E-state index contributed by atoms with van der Waals surface area (Å²) >= 11 is 13.2. The molecule has 0 N–H and O–H groups in total. The minimum atomic E-state index is 0.434. The summed E-state index contributed by atoms with van der Waals surface area (Å²) in [4.78, 5) is 0. The predicted molar refractivity (Wildman–Crippen MR) is 118 cm³/mol. The zero-order valence-electron chi connectivity index (χ0n) is 14.1. The van der Waals surface area contributed by atoms with Crippen LogP contribution in [0.3, 0.4) is 0 Å². The molecule has 0 saturated heterocycles. The van der Waals surface area contributed by atoms with Gasteiger partial charge in [0.05, 0.1) is 11.6 Å². The van der Waals surface area contributed by atoms with E-state index in [2.05, 4.69) is 37.9 Å². The lowest BCUT2D eigenvalue weighted by Crippen LogP contribution is -1.97. The lowest BCUT2D eigenvalue weighted by Gasteiger charge is -2.11. The van der Waals surface area contributed by atoms with Gasteiger partial charge in [-0.1, -0.05) is 73.8 Å². The van der Waals surface area contributed by atoms with Crippen LogP contribution in [0.2, 0.25) is 5.02 Å². The third-order valence-electron chi connectivity index (χ3n) is 3.86. The Balaban J connectivity index is 1.92. The summed E-state index contributed by atoms with van der Waals surface area (Å²) in [7, 11) is 0. The van der Waals surface area contributed by atoms with E-state index in [0.717, 1.165) is 20.1 Å². The van der Waals surface area contributed by atoms with Crippen LogP contribution in [-0.4, -0.2) is 0 Å². The Morgan fingerprint density at radius 3 is 2.41 bits per heavy atom. The maximum Gasteiger partial charge on any atom is 0.127 e. The average molecular weight is 504 g/mol. The van der Waals surface area contributed by atoms with Crippen molar-refractivity contribution in [3.8, 4) is 11.8 Å². The molecule has 0 amide bonds. The van der Waals surface area contributed by atoms with Crippen LogP contribution >= 0.6 is 43.5 Å². The lowest BCUT2D eigenvalue weighted by atomic mass is 10.0. The van der Waals surface area contributed by atoms with E-state index < -0.39 is 0 Å². The first-order valence-corrected chi connectivity index (χ1v) is 10.1. The highest BCUT2D eigenvalue weighted by Gasteiger charge is 2.09. The first-order chi connectivity index (χ1) is 13.1. The molecule has 27 heavy (non-hydrogen) atoms. The quantitative estimate of drug-likeness (QED) is 0.267. The van der Waals surface area contributed by atoms with E-state index in [9.17, 15) is 5.26 Å². The van der Waals surface area contributed by atoms with Crippen molar-refractivity contribution in [2.75, 3.05) is 0 Å². The molecule has 0 aliphatic heterocycles. The largest absolute Gasteiger partial charge is 0.488 e. The first kappa shape index (κ1) is 19.7. The van der Waals surface area contributed by atoms with Gasteiger partial charge in [-0.3, -0.25) is 0 Å². The van der Waals surface area contributed by atoms with Crippen molar-refractivity contribution in [1.82, 2.24) is 0 Å². The van der Waals surface area contributed by atoms with Crippen LogP contribution in [0.25, 0.3) is 11.6 Å². The molecule has 2 nitrogen and oxygen atoms in total. The van der Waals surface area contributed by atoms with E-state index in [1.807, 2.05) is 60.7 Å². The molecule has 3 aromatic rings. The Hall–Kier alpha value is -2.06. The van der Waals surface area contributed by atoms with E-state index in [4.69, 9.17) is 16.3 Å². The van der Waals surface area contributed by atoms with Crippen LogP contribution in [0.4, 0.5) is 0 Å². The zero-order valence-corrected chi connectivity index (χ0v) is 18.1. The summed E-state index contributed by atoms with van der Waals surface area (Å²) in [6.45, 7) is 0.434. The van der Waals surface area contributed by atoms with Gasteiger partial charge in [0.2, 0.25) is 0 Å². The average Bonchev–Trinajstić information content (AvgIpc) is 2.67. The molecule has 134 valence electrons. The van der Waals surface area contributed by atoms with Gasteiger partial charge < -0.3 is 4.74 Å². The second-order valence-electron chi connectivity index (χ2n) is 5.75. The van der Waals surface area contributed by atoms with Crippen LogP contribution in [0.15, 0.2) is 75.7 Å². The van der Waals surface area contributed by atoms with Gasteiger partial charge in [-0.05, 0) is 48.0 Å². The van der Waals surface area contributed by atoms with Crippen LogP contribution < -0.4 is 4.74 Å². The highest BCUT2D eigenvalue weighted by molar-refractivity contribution is 9.10. The van der Waals surface area contributed by atoms with Crippen molar-refractivity contribution >= 4 is 55.1 Å². The molecule has 0 spiro atoms. The van der Waals surface area contributed by atoms with Gasteiger partial charge in [0.1, 0.15) is 12.4 Å². The maximum absolute atomic E-state index is 9.63. The number of nitriles is 1. The van der Waals surface area contributed by atoms with Crippen LogP contribution in [-0.2, 0) is 6.61 Å². The molecule has 3 aromatic carbocycles. The fourth-order valence-corrected chi connectivity index (χ4v) is 3.39. The standard InChI is InChI=1S/C22H14Br2ClNO/c23-18-7-5-15(6-8-18)14-27-22-10-9-19(24)12-16(22)11-17(13-26)20-3-1-2-4-21(20)25/h1-12H,14H2. The molecule has 0 unspecified atom stereocenters. The van der Waals surface area contributed by atoms with Gasteiger partial charge in [-0.2, -0.15) is 5.26 Å². The molecule has 0 atom stereocenters. The Morgan fingerprint density at radius 2 is 1.70 bits per heavy atom. The Kier molecular flexibility index (Phi) is 6.73. The SMILES string of the molecule is N#CC(=Cc1cc(Br)ccc1OCc1ccc(Br)cc1)c1ccccc1Cl. The molecule has 0 aliphatic carbocycles. The molecule has 0 bridgehead atoms. The molecule has 0 saturated carbocycles. The van der Waals surface area contributed by atoms with Gasteiger partial charge in [0, 0.05) is 25.1 Å². The smallest absolute Gasteiger partial charge is 0.127 e. The Morgan fingerprint density at radius 1 is 1.00 bits per heavy atom. The molecular weight excluding hydrogens is 490 g/mol. The number of allylic oxidation sites excluding steroid dienone is 1. The third-order valence-corrected chi connectivity index (χ3v) is 5.22. The van der Waals surface area contributed by atoms with Crippen molar-refractivity contribution in [3.63, 3.8) is 0 Å². The van der Waals surface area contributed by atoms with Gasteiger partial charge in [0.15, 0.2) is 0 Å². The van der Waals surface area contributed by atoms with E-state index in [1.54, 1.807) is 12.1 Å². The Labute approximate surface area is 180 Å². The third kappa shape index (κ3) is 5.23. The number of benzene rings is 3. The van der Waals surface area contributed by atoms with Crippen LogP contribution in [0.1, 0.15) is 16.7 Å². The number of ether oxygens (including phenoxy) is 1. The van der Waals surface area contributed by atoms with Gasteiger partial charge in [0.25, 0.3) is 0 Å².